The van der Waals surface area contributed by atoms with Gasteiger partial charge in [0.25, 0.3) is 6.17 Å². The topological polar surface area (TPSA) is 79.2 Å². The van der Waals surface area contributed by atoms with Crippen molar-refractivity contribution >= 4 is 39.3 Å². The van der Waals surface area contributed by atoms with Crippen LogP contribution in [0.1, 0.15) is 31.1 Å². The van der Waals surface area contributed by atoms with Gasteiger partial charge in [0, 0.05) is 17.6 Å². The number of fused-ring (bicyclic) bond motifs is 3. The van der Waals surface area contributed by atoms with E-state index in [0.717, 1.165) is 21.4 Å². The van der Waals surface area contributed by atoms with Gasteiger partial charge in [0.2, 0.25) is 11.1 Å². The number of halogens is 1. The third-order valence-corrected chi connectivity index (χ3v) is 7.24. The molecule has 0 bridgehead atoms. The average Bonchev–Trinajstić information content (AvgIpc) is 2.87. The van der Waals surface area contributed by atoms with E-state index in [-0.39, 0.29) is 11.5 Å². The fourth-order valence-electron chi connectivity index (χ4n) is 4.34. The minimum Gasteiger partial charge on any atom is -0.488 e. The number of hydrogen-bond donors (Lipinski definition) is 1. The highest BCUT2D eigenvalue weighted by Gasteiger charge is 2.45. The first-order valence-corrected chi connectivity index (χ1v) is 13.3. The molecule has 0 unspecified atom stereocenters. The van der Waals surface area contributed by atoms with E-state index in [9.17, 15) is 9.59 Å². The second kappa shape index (κ2) is 10.3. The number of aromatic amines is 1. The molecule has 5 rings (SSSR count). The Labute approximate surface area is 221 Å². The second-order valence-electron chi connectivity index (χ2n) is 8.23. The number of aromatic nitrogens is 3. The van der Waals surface area contributed by atoms with E-state index < -0.39 is 6.17 Å². The van der Waals surface area contributed by atoms with Crippen LogP contribution in [0.2, 0.25) is 0 Å². The van der Waals surface area contributed by atoms with E-state index in [0.29, 0.717) is 34.5 Å². The molecular formula is C27H24BrN4O3S+. The monoisotopic (exact) mass is 563 g/mol. The summed E-state index contributed by atoms with van der Waals surface area (Å²) in [5.41, 5.74) is 3.34. The summed E-state index contributed by atoms with van der Waals surface area (Å²) in [4.78, 5) is 30.8. The smallest absolute Gasteiger partial charge is 0.325 e. The van der Waals surface area contributed by atoms with E-state index >= 15 is 0 Å². The maximum absolute atomic E-state index is 13.3. The number of para-hydroxylation sites is 1. The highest BCUT2D eigenvalue weighted by Crippen LogP contribution is 2.39. The highest BCUT2D eigenvalue weighted by atomic mass is 79.9. The van der Waals surface area contributed by atoms with Crippen LogP contribution >= 0.6 is 27.7 Å². The van der Waals surface area contributed by atoms with E-state index in [1.807, 2.05) is 79.7 Å². The highest BCUT2D eigenvalue weighted by molar-refractivity contribution is 9.10. The van der Waals surface area contributed by atoms with Crippen LogP contribution in [-0.2, 0) is 11.4 Å². The van der Waals surface area contributed by atoms with Gasteiger partial charge in [-0.25, -0.2) is 4.90 Å². The number of amides is 1. The molecule has 0 spiro atoms. The Balaban J connectivity index is 1.62. The van der Waals surface area contributed by atoms with Gasteiger partial charge in [-0.3, -0.25) is 14.6 Å². The van der Waals surface area contributed by atoms with Crippen LogP contribution in [0.5, 0.6) is 5.75 Å². The molecule has 3 aromatic carbocycles. The van der Waals surface area contributed by atoms with E-state index in [1.54, 1.807) is 9.58 Å². The minimum atomic E-state index is -0.648. The summed E-state index contributed by atoms with van der Waals surface area (Å²) in [5.74, 6) is 1.27. The van der Waals surface area contributed by atoms with Crippen molar-refractivity contribution in [3.05, 3.63) is 98.7 Å². The first kappa shape index (κ1) is 24.3. The number of ether oxygens (including phenoxy) is 1. The summed E-state index contributed by atoms with van der Waals surface area (Å²) in [6.45, 7) is 3.95. The van der Waals surface area contributed by atoms with Gasteiger partial charge >= 0.3 is 11.3 Å². The number of H-pyrrole nitrogens is 1. The number of nitrogens with zero attached hydrogens (tertiary/aromatic N) is 3. The van der Waals surface area contributed by atoms with Crippen molar-refractivity contribution in [2.75, 3.05) is 10.7 Å². The Morgan fingerprint density at radius 2 is 1.89 bits per heavy atom. The van der Waals surface area contributed by atoms with Crippen LogP contribution in [0, 0.1) is 0 Å². The molecule has 1 atom stereocenters. The molecule has 0 saturated heterocycles. The molecule has 0 radical (unpaired) electrons. The van der Waals surface area contributed by atoms with Crippen molar-refractivity contribution in [2.45, 2.75) is 31.8 Å². The Morgan fingerprint density at radius 1 is 1.14 bits per heavy atom. The van der Waals surface area contributed by atoms with Gasteiger partial charge in [-0.05, 0) is 62.3 Å². The molecule has 4 aromatic rings. The van der Waals surface area contributed by atoms with Crippen molar-refractivity contribution < 1.29 is 14.2 Å². The average molecular weight is 564 g/mol. The summed E-state index contributed by atoms with van der Waals surface area (Å²) in [6.07, 6.45) is -0.648. The molecule has 7 nitrogen and oxygen atoms in total. The van der Waals surface area contributed by atoms with Crippen LogP contribution in [-0.4, -0.2) is 21.7 Å². The van der Waals surface area contributed by atoms with E-state index in [2.05, 4.69) is 20.9 Å². The molecule has 2 heterocycles. The van der Waals surface area contributed by atoms with Gasteiger partial charge in [-0.1, -0.05) is 61.2 Å². The molecule has 182 valence electrons. The molecule has 0 fully saturated rings. The van der Waals surface area contributed by atoms with Gasteiger partial charge in [0.15, 0.2) is 0 Å². The van der Waals surface area contributed by atoms with Gasteiger partial charge < -0.3 is 4.74 Å². The Morgan fingerprint density at radius 3 is 2.61 bits per heavy atom. The quantitative estimate of drug-likeness (QED) is 0.261. The number of rotatable bonds is 6. The third kappa shape index (κ3) is 4.56. The van der Waals surface area contributed by atoms with Crippen LogP contribution in [0.3, 0.4) is 0 Å². The van der Waals surface area contributed by atoms with Crippen LogP contribution in [0.15, 0.2) is 87.2 Å². The maximum atomic E-state index is 13.3. The van der Waals surface area contributed by atoms with Gasteiger partial charge in [-0.15, -0.1) is 0 Å². The number of anilines is 1. The van der Waals surface area contributed by atoms with Crippen molar-refractivity contribution in [1.29, 1.82) is 0 Å². The molecule has 36 heavy (non-hydrogen) atoms. The van der Waals surface area contributed by atoms with Crippen molar-refractivity contribution in [3.63, 3.8) is 0 Å². The lowest BCUT2D eigenvalue weighted by Crippen LogP contribution is -2.60. The predicted octanol–water partition coefficient (Wildman–Crippen LogP) is 5.09. The molecule has 1 N–H and O–H groups in total. The summed E-state index contributed by atoms with van der Waals surface area (Å²) < 4.78 is 8.43. The molecule has 9 heteroatoms. The molecule has 1 aliphatic rings. The predicted molar refractivity (Wildman–Crippen MR) is 143 cm³/mol. The molecular weight excluding hydrogens is 540 g/mol. The summed E-state index contributed by atoms with van der Waals surface area (Å²) in [5, 5.41) is 5.27. The fraction of sp³-hybridized carbons (Fsp3) is 0.185. The lowest BCUT2D eigenvalue weighted by Gasteiger charge is -2.31. The van der Waals surface area contributed by atoms with Crippen molar-refractivity contribution in [1.82, 2.24) is 10.1 Å². The number of benzene rings is 3. The Hall–Kier alpha value is -3.43. The summed E-state index contributed by atoms with van der Waals surface area (Å²) in [6, 6.07) is 23.0. The minimum absolute atomic E-state index is 0.155. The number of carbonyl (C=O) groups excluding carboxylic acids is 1. The van der Waals surface area contributed by atoms with Gasteiger partial charge in [0.1, 0.15) is 12.4 Å². The standard InChI is InChI=1S/C27H23BrN4O3S/c1-3-36-27-29-25(34)24-20-11-7-8-12-22(20)31(17(2)33)26(32(24)30-27)19-13-14-23(21(28)15-19)35-16-18-9-5-4-6-10-18/h4-15,26H,3,16H2,1-2H3/p+1/t26-/m1/s1. The van der Waals surface area contributed by atoms with E-state index in [4.69, 9.17) is 9.84 Å². The van der Waals surface area contributed by atoms with Crippen LogP contribution in [0.25, 0.3) is 11.3 Å². The molecule has 0 aliphatic carbocycles. The molecule has 1 aromatic heterocycles. The Kier molecular flexibility index (Phi) is 6.93. The number of nitrogens with one attached hydrogen (secondary N) is 1. The zero-order valence-electron chi connectivity index (χ0n) is 19.8. The van der Waals surface area contributed by atoms with Crippen LogP contribution < -0.4 is 19.9 Å². The normalized spacial score (nSPS) is 14.2. The largest absolute Gasteiger partial charge is 0.488 e. The Bertz CT molecular complexity index is 1490. The zero-order chi connectivity index (χ0) is 25.2. The molecule has 1 amide bonds. The maximum Gasteiger partial charge on any atom is 0.325 e. The number of carbonyl (C=O) groups is 1. The number of hydrogen-bond acceptors (Lipinski definition) is 5. The van der Waals surface area contributed by atoms with Gasteiger partial charge in [-0.2, -0.15) is 0 Å². The lowest BCUT2D eigenvalue weighted by molar-refractivity contribution is -0.763. The summed E-state index contributed by atoms with van der Waals surface area (Å²) >= 11 is 5.08. The molecule has 0 saturated carbocycles. The van der Waals surface area contributed by atoms with E-state index in [1.165, 1.54) is 18.7 Å². The van der Waals surface area contributed by atoms with Crippen molar-refractivity contribution in [3.8, 4) is 17.0 Å². The lowest BCUT2D eigenvalue weighted by atomic mass is 10.0. The first-order chi connectivity index (χ1) is 17.5. The first-order valence-electron chi connectivity index (χ1n) is 11.5. The second-order valence-corrected chi connectivity index (χ2v) is 10.3. The number of thioether (sulfide) groups is 1. The van der Waals surface area contributed by atoms with Gasteiger partial charge in [0.05, 0.1) is 15.7 Å². The third-order valence-electron chi connectivity index (χ3n) is 5.87. The van der Waals surface area contributed by atoms with Crippen LogP contribution in [0.4, 0.5) is 5.69 Å². The molecule has 1 aliphatic heterocycles. The summed E-state index contributed by atoms with van der Waals surface area (Å²) in [7, 11) is 0. The SMILES string of the molecule is CCSc1n[n+]2c(c(=O)[nH]1)-c1ccccc1N(C(C)=O)[C@H]2c1ccc(OCc2ccccc2)c(Br)c1. The van der Waals surface area contributed by atoms with Crippen molar-refractivity contribution in [2.24, 2.45) is 0 Å². The fourth-order valence-corrected chi connectivity index (χ4v) is 5.44. The zero-order valence-corrected chi connectivity index (χ0v) is 22.2.